The van der Waals surface area contributed by atoms with Crippen LogP contribution in [-0.2, 0) is 4.79 Å². The lowest BCUT2D eigenvalue weighted by Crippen LogP contribution is -2.47. The normalized spacial score (nSPS) is 16.0. The third-order valence-corrected chi connectivity index (χ3v) is 2.91. The summed E-state index contributed by atoms with van der Waals surface area (Å²) in [6.45, 7) is 3.13. The zero-order valence-electron chi connectivity index (χ0n) is 10.1. The van der Waals surface area contributed by atoms with E-state index in [9.17, 15) is 4.79 Å². The Kier molecular flexibility index (Phi) is 3.64. The van der Waals surface area contributed by atoms with Crippen LogP contribution in [0, 0.1) is 0 Å². The number of amides is 1. The number of carbonyl (C=O) groups is 1. The largest absolute Gasteiger partial charge is 0.490 e. The van der Waals surface area contributed by atoms with Gasteiger partial charge in [0.1, 0.15) is 12.4 Å². The van der Waals surface area contributed by atoms with Gasteiger partial charge in [-0.2, -0.15) is 0 Å². The van der Waals surface area contributed by atoms with Crippen molar-refractivity contribution < 1.29 is 9.53 Å². The third-order valence-electron chi connectivity index (χ3n) is 2.91. The summed E-state index contributed by atoms with van der Waals surface area (Å²) in [5, 5.41) is 0. The molecule has 0 radical (unpaired) electrons. The van der Waals surface area contributed by atoms with Crippen molar-refractivity contribution in [3.63, 3.8) is 0 Å². The minimum Gasteiger partial charge on any atom is -0.490 e. The highest BCUT2D eigenvalue weighted by Gasteiger charge is 2.26. The van der Waals surface area contributed by atoms with E-state index < -0.39 is 6.04 Å². The molecular formula is C13H18N2O2. The number of para-hydroxylation sites is 2. The van der Waals surface area contributed by atoms with Gasteiger partial charge in [-0.05, 0) is 18.6 Å². The smallest absolute Gasteiger partial charge is 0.244 e. The number of nitrogens with two attached hydrogens (primary N) is 1. The number of benzene rings is 1. The molecule has 92 valence electrons. The van der Waals surface area contributed by atoms with Gasteiger partial charge in [0.2, 0.25) is 5.91 Å². The number of rotatable bonds is 3. The summed E-state index contributed by atoms with van der Waals surface area (Å²) in [6, 6.07) is 7.16. The van der Waals surface area contributed by atoms with Crippen molar-refractivity contribution in [1.29, 1.82) is 0 Å². The number of nitrogens with zero attached hydrogens (tertiary/aromatic N) is 1. The van der Waals surface area contributed by atoms with E-state index in [1.54, 1.807) is 4.90 Å². The van der Waals surface area contributed by atoms with Crippen LogP contribution in [0.25, 0.3) is 0 Å². The molecule has 1 aromatic carbocycles. The maximum absolute atomic E-state index is 12.2. The quantitative estimate of drug-likeness (QED) is 0.863. The minimum atomic E-state index is -0.411. The first-order valence-corrected chi connectivity index (χ1v) is 6.03. The molecule has 4 heteroatoms. The van der Waals surface area contributed by atoms with Gasteiger partial charge >= 0.3 is 0 Å². The molecule has 0 aliphatic carbocycles. The van der Waals surface area contributed by atoms with Crippen LogP contribution in [0.2, 0.25) is 0 Å². The number of fused-ring (bicyclic) bond motifs is 1. The van der Waals surface area contributed by atoms with Crippen LogP contribution in [0.5, 0.6) is 5.75 Å². The molecule has 0 saturated heterocycles. The van der Waals surface area contributed by atoms with E-state index in [0.717, 1.165) is 24.3 Å². The molecule has 0 bridgehead atoms. The highest BCUT2D eigenvalue weighted by atomic mass is 16.5. The maximum atomic E-state index is 12.2. The Hall–Kier alpha value is -1.55. The molecule has 2 rings (SSSR count). The number of ether oxygens (including phenoxy) is 1. The first-order valence-electron chi connectivity index (χ1n) is 6.03. The van der Waals surface area contributed by atoms with E-state index in [4.69, 9.17) is 10.5 Å². The molecular weight excluding hydrogens is 216 g/mol. The van der Waals surface area contributed by atoms with Crippen LogP contribution in [0.1, 0.15) is 19.8 Å². The van der Waals surface area contributed by atoms with Crippen LogP contribution in [-0.4, -0.2) is 25.1 Å². The van der Waals surface area contributed by atoms with Crippen molar-refractivity contribution in [3.8, 4) is 5.75 Å². The lowest BCUT2D eigenvalue weighted by molar-refractivity contribution is -0.120. The molecule has 4 nitrogen and oxygen atoms in total. The Bertz CT molecular complexity index is 406. The first-order chi connectivity index (χ1) is 8.24. The molecule has 17 heavy (non-hydrogen) atoms. The fourth-order valence-corrected chi connectivity index (χ4v) is 2.03. The maximum Gasteiger partial charge on any atom is 0.244 e. The molecule has 0 spiro atoms. The van der Waals surface area contributed by atoms with Gasteiger partial charge in [0.25, 0.3) is 0 Å². The lowest BCUT2D eigenvalue weighted by atomic mass is 10.1. The first kappa shape index (κ1) is 11.9. The van der Waals surface area contributed by atoms with Crippen LogP contribution in [0.4, 0.5) is 5.69 Å². The standard InChI is InChI=1S/C13H18N2O2/c1-2-5-10(14)13(16)15-8-9-17-12-7-4-3-6-11(12)15/h3-4,6-7,10H,2,5,8-9,14H2,1H3/t10-/m1/s1. The number of anilines is 1. The van der Waals surface area contributed by atoms with E-state index in [0.29, 0.717) is 13.2 Å². The summed E-state index contributed by atoms with van der Waals surface area (Å²) < 4.78 is 5.51. The van der Waals surface area contributed by atoms with Gasteiger partial charge in [0, 0.05) is 0 Å². The third kappa shape index (κ3) is 2.42. The van der Waals surface area contributed by atoms with E-state index in [-0.39, 0.29) is 5.91 Å². The van der Waals surface area contributed by atoms with Crippen molar-refractivity contribution in [2.24, 2.45) is 5.73 Å². The highest BCUT2D eigenvalue weighted by molar-refractivity contribution is 5.98. The van der Waals surface area contributed by atoms with Crippen LogP contribution in [0.15, 0.2) is 24.3 Å². The molecule has 0 fully saturated rings. The van der Waals surface area contributed by atoms with E-state index in [2.05, 4.69) is 0 Å². The molecule has 0 saturated carbocycles. The predicted octanol–water partition coefficient (Wildman–Crippen LogP) is 1.54. The molecule has 1 aliphatic heterocycles. The summed E-state index contributed by atoms with van der Waals surface area (Å²) in [6.07, 6.45) is 1.64. The minimum absolute atomic E-state index is 0.0115. The number of hydrogen-bond donors (Lipinski definition) is 1. The summed E-state index contributed by atoms with van der Waals surface area (Å²) >= 11 is 0. The van der Waals surface area contributed by atoms with Crippen LogP contribution in [0.3, 0.4) is 0 Å². The second-order valence-electron chi connectivity index (χ2n) is 4.20. The average molecular weight is 234 g/mol. The fraction of sp³-hybridized carbons (Fsp3) is 0.462. The monoisotopic (exact) mass is 234 g/mol. The van der Waals surface area contributed by atoms with E-state index in [1.165, 1.54) is 0 Å². The van der Waals surface area contributed by atoms with Crippen LogP contribution < -0.4 is 15.4 Å². The lowest BCUT2D eigenvalue weighted by Gasteiger charge is -2.31. The van der Waals surface area contributed by atoms with E-state index in [1.807, 2.05) is 31.2 Å². The second-order valence-corrected chi connectivity index (χ2v) is 4.20. The average Bonchev–Trinajstić information content (AvgIpc) is 2.37. The van der Waals surface area contributed by atoms with Crippen molar-refractivity contribution in [2.45, 2.75) is 25.8 Å². The van der Waals surface area contributed by atoms with Crippen molar-refractivity contribution in [2.75, 3.05) is 18.1 Å². The Balaban J connectivity index is 2.20. The van der Waals surface area contributed by atoms with Gasteiger partial charge in [0.05, 0.1) is 18.3 Å². The summed E-state index contributed by atoms with van der Waals surface area (Å²) in [5.41, 5.74) is 6.71. The summed E-state index contributed by atoms with van der Waals surface area (Å²) in [7, 11) is 0. The van der Waals surface area contributed by atoms with Gasteiger partial charge in [-0.1, -0.05) is 25.5 Å². The van der Waals surface area contributed by atoms with E-state index >= 15 is 0 Å². The van der Waals surface area contributed by atoms with Crippen molar-refractivity contribution in [1.82, 2.24) is 0 Å². The predicted molar refractivity (Wildman–Crippen MR) is 67.2 cm³/mol. The Labute approximate surface area is 101 Å². The zero-order valence-corrected chi connectivity index (χ0v) is 10.1. The van der Waals surface area contributed by atoms with Crippen molar-refractivity contribution >= 4 is 11.6 Å². The van der Waals surface area contributed by atoms with Gasteiger partial charge in [-0.3, -0.25) is 4.79 Å². The zero-order chi connectivity index (χ0) is 12.3. The molecule has 1 amide bonds. The Morgan fingerprint density at radius 1 is 1.53 bits per heavy atom. The highest BCUT2D eigenvalue weighted by Crippen LogP contribution is 2.31. The number of hydrogen-bond acceptors (Lipinski definition) is 3. The fourth-order valence-electron chi connectivity index (χ4n) is 2.03. The number of carbonyl (C=O) groups excluding carboxylic acids is 1. The molecule has 1 atom stereocenters. The van der Waals surface area contributed by atoms with Gasteiger partial charge in [-0.25, -0.2) is 0 Å². The molecule has 0 aromatic heterocycles. The second kappa shape index (κ2) is 5.19. The summed E-state index contributed by atoms with van der Waals surface area (Å²) in [4.78, 5) is 13.9. The Morgan fingerprint density at radius 2 is 2.29 bits per heavy atom. The summed E-state index contributed by atoms with van der Waals surface area (Å²) in [5.74, 6) is 0.749. The Morgan fingerprint density at radius 3 is 3.06 bits per heavy atom. The van der Waals surface area contributed by atoms with Gasteiger partial charge in [0.15, 0.2) is 0 Å². The molecule has 1 aliphatic rings. The van der Waals surface area contributed by atoms with Gasteiger partial charge in [-0.15, -0.1) is 0 Å². The molecule has 1 aromatic rings. The molecule has 1 heterocycles. The van der Waals surface area contributed by atoms with Gasteiger partial charge < -0.3 is 15.4 Å². The van der Waals surface area contributed by atoms with Crippen molar-refractivity contribution in [3.05, 3.63) is 24.3 Å². The van der Waals surface area contributed by atoms with Crippen LogP contribution >= 0.6 is 0 Å². The molecule has 2 N–H and O–H groups in total. The topological polar surface area (TPSA) is 55.6 Å². The molecule has 0 unspecified atom stereocenters. The SMILES string of the molecule is CCC[C@@H](N)C(=O)N1CCOc2ccccc21.